The predicted octanol–water partition coefficient (Wildman–Crippen LogP) is 1.83. The van der Waals surface area contributed by atoms with E-state index in [9.17, 15) is 9.59 Å². The molecule has 1 aliphatic carbocycles. The molecule has 0 spiro atoms. The smallest absolute Gasteiger partial charge is 0.317 e. The van der Waals surface area contributed by atoms with Gasteiger partial charge in [0.15, 0.2) is 0 Å². The number of nitrogens with zero attached hydrogens (tertiary/aromatic N) is 1. The Labute approximate surface area is 102 Å². The van der Waals surface area contributed by atoms with Gasteiger partial charge in [0.25, 0.3) is 0 Å². The minimum absolute atomic E-state index is 0.0358. The highest BCUT2D eigenvalue weighted by Crippen LogP contribution is 2.27. The second-order valence-electron chi connectivity index (χ2n) is 4.51. The van der Waals surface area contributed by atoms with Crippen molar-refractivity contribution in [3.05, 3.63) is 0 Å². The van der Waals surface area contributed by atoms with Crippen molar-refractivity contribution < 1.29 is 14.7 Å². The van der Waals surface area contributed by atoms with Crippen LogP contribution in [0.3, 0.4) is 0 Å². The molecule has 1 saturated carbocycles. The lowest BCUT2D eigenvalue weighted by molar-refractivity contribution is -0.137. The molecular weight excluding hydrogens is 220 g/mol. The molecule has 0 aliphatic heterocycles. The van der Waals surface area contributed by atoms with Crippen LogP contribution in [0, 0.1) is 0 Å². The summed E-state index contributed by atoms with van der Waals surface area (Å²) in [6.07, 6.45) is 4.92. The van der Waals surface area contributed by atoms with Gasteiger partial charge in [0.2, 0.25) is 0 Å². The standard InChI is InChI=1S/C12H22N2O3/c1-2-3-9-14(10-6-7-10)12(17)13-8-4-5-11(15)16/h10H,2-9H2,1H3,(H,13,17)(H,15,16). The van der Waals surface area contributed by atoms with Gasteiger partial charge >= 0.3 is 12.0 Å². The van der Waals surface area contributed by atoms with Gasteiger partial charge in [0.1, 0.15) is 0 Å². The lowest BCUT2D eigenvalue weighted by Gasteiger charge is -2.22. The van der Waals surface area contributed by atoms with Crippen molar-refractivity contribution in [2.45, 2.75) is 51.5 Å². The second-order valence-corrected chi connectivity index (χ2v) is 4.51. The molecule has 0 saturated heterocycles. The van der Waals surface area contributed by atoms with Crippen molar-refractivity contribution in [3.63, 3.8) is 0 Å². The van der Waals surface area contributed by atoms with Crippen LogP contribution in [-0.4, -0.2) is 41.1 Å². The van der Waals surface area contributed by atoms with Gasteiger partial charge in [-0.25, -0.2) is 4.79 Å². The maximum atomic E-state index is 11.8. The highest BCUT2D eigenvalue weighted by atomic mass is 16.4. The van der Waals surface area contributed by atoms with E-state index in [1.165, 1.54) is 0 Å². The van der Waals surface area contributed by atoms with Crippen LogP contribution in [0.2, 0.25) is 0 Å². The van der Waals surface area contributed by atoms with Crippen LogP contribution < -0.4 is 5.32 Å². The summed E-state index contributed by atoms with van der Waals surface area (Å²) in [6, 6.07) is 0.382. The Balaban J connectivity index is 2.20. The van der Waals surface area contributed by atoms with Gasteiger partial charge in [-0.2, -0.15) is 0 Å². The predicted molar refractivity (Wildman–Crippen MR) is 64.9 cm³/mol. The molecule has 0 atom stereocenters. The summed E-state index contributed by atoms with van der Waals surface area (Å²) in [7, 11) is 0. The van der Waals surface area contributed by atoms with Gasteiger partial charge in [0.05, 0.1) is 0 Å². The van der Waals surface area contributed by atoms with Gasteiger partial charge < -0.3 is 15.3 Å². The van der Waals surface area contributed by atoms with Crippen LogP contribution >= 0.6 is 0 Å². The molecule has 1 fully saturated rings. The highest BCUT2D eigenvalue weighted by molar-refractivity contribution is 5.75. The number of rotatable bonds is 8. The van der Waals surface area contributed by atoms with Gasteiger partial charge in [-0.1, -0.05) is 13.3 Å². The Kier molecular flexibility index (Phi) is 5.80. The molecule has 2 N–H and O–H groups in total. The highest BCUT2D eigenvalue weighted by Gasteiger charge is 2.31. The summed E-state index contributed by atoms with van der Waals surface area (Å²) < 4.78 is 0. The van der Waals surface area contributed by atoms with E-state index in [1.807, 2.05) is 4.90 Å². The molecule has 0 radical (unpaired) electrons. The number of carbonyl (C=O) groups excluding carboxylic acids is 1. The van der Waals surface area contributed by atoms with Crippen molar-refractivity contribution in [1.29, 1.82) is 0 Å². The third-order valence-corrected chi connectivity index (χ3v) is 2.84. The van der Waals surface area contributed by atoms with Gasteiger partial charge in [-0.05, 0) is 25.7 Å². The minimum atomic E-state index is -0.815. The fourth-order valence-corrected chi connectivity index (χ4v) is 1.70. The minimum Gasteiger partial charge on any atom is -0.481 e. The Morgan fingerprint density at radius 1 is 1.35 bits per heavy atom. The normalized spacial score (nSPS) is 14.4. The molecule has 1 rings (SSSR count). The van der Waals surface area contributed by atoms with E-state index in [2.05, 4.69) is 12.2 Å². The number of amides is 2. The zero-order chi connectivity index (χ0) is 12.7. The molecule has 0 bridgehead atoms. The number of nitrogens with one attached hydrogen (secondary N) is 1. The van der Waals surface area contributed by atoms with Gasteiger partial charge in [-0.15, -0.1) is 0 Å². The molecule has 0 aromatic carbocycles. The Hall–Kier alpha value is -1.26. The maximum absolute atomic E-state index is 11.8. The molecule has 98 valence electrons. The van der Waals surface area contributed by atoms with Crippen molar-refractivity contribution >= 4 is 12.0 Å². The summed E-state index contributed by atoms with van der Waals surface area (Å²) in [6.45, 7) is 3.36. The first-order valence-electron chi connectivity index (χ1n) is 6.41. The SMILES string of the molecule is CCCCN(C(=O)NCCCC(=O)O)C1CC1. The first kappa shape index (κ1) is 13.8. The van der Waals surface area contributed by atoms with Crippen molar-refractivity contribution in [2.75, 3.05) is 13.1 Å². The summed E-state index contributed by atoms with van der Waals surface area (Å²) in [5.74, 6) is -0.815. The average molecular weight is 242 g/mol. The van der Waals surface area contributed by atoms with Crippen LogP contribution in [0.5, 0.6) is 0 Å². The summed E-state index contributed by atoms with van der Waals surface area (Å²) >= 11 is 0. The van der Waals surface area contributed by atoms with E-state index < -0.39 is 5.97 Å². The second kappa shape index (κ2) is 7.14. The summed E-state index contributed by atoms with van der Waals surface area (Å²) in [5.41, 5.74) is 0. The third kappa shape index (κ3) is 5.56. The van der Waals surface area contributed by atoms with E-state index in [4.69, 9.17) is 5.11 Å². The number of urea groups is 1. The number of unbranched alkanes of at least 4 members (excludes halogenated alkanes) is 1. The van der Waals surface area contributed by atoms with Crippen molar-refractivity contribution in [3.8, 4) is 0 Å². The number of carbonyl (C=O) groups is 2. The average Bonchev–Trinajstić information content (AvgIpc) is 3.09. The molecule has 0 unspecified atom stereocenters. The molecule has 2 amide bonds. The molecule has 17 heavy (non-hydrogen) atoms. The lowest BCUT2D eigenvalue weighted by Crippen LogP contribution is -2.42. The molecule has 5 nitrogen and oxygen atoms in total. The molecule has 0 aromatic rings. The molecular formula is C12H22N2O3. The van der Waals surface area contributed by atoms with Gasteiger partial charge in [-0.3, -0.25) is 4.79 Å². The van der Waals surface area contributed by atoms with E-state index in [-0.39, 0.29) is 12.5 Å². The van der Waals surface area contributed by atoms with Crippen LogP contribution in [-0.2, 0) is 4.79 Å². The zero-order valence-electron chi connectivity index (χ0n) is 10.4. The van der Waals surface area contributed by atoms with Crippen molar-refractivity contribution in [1.82, 2.24) is 10.2 Å². The lowest BCUT2D eigenvalue weighted by atomic mass is 10.3. The monoisotopic (exact) mass is 242 g/mol. The number of carboxylic acids is 1. The number of carboxylic acid groups (broad SMARTS) is 1. The number of hydrogen-bond donors (Lipinski definition) is 2. The molecule has 0 aromatic heterocycles. The van der Waals surface area contributed by atoms with E-state index in [0.29, 0.717) is 19.0 Å². The summed E-state index contributed by atoms with van der Waals surface area (Å²) in [4.78, 5) is 24.1. The van der Waals surface area contributed by atoms with E-state index >= 15 is 0 Å². The van der Waals surface area contributed by atoms with Crippen LogP contribution in [0.1, 0.15) is 45.4 Å². The number of aliphatic carboxylic acids is 1. The van der Waals surface area contributed by atoms with Crippen LogP contribution in [0.15, 0.2) is 0 Å². The third-order valence-electron chi connectivity index (χ3n) is 2.84. The first-order valence-corrected chi connectivity index (χ1v) is 6.41. The molecule has 1 aliphatic rings. The van der Waals surface area contributed by atoms with Crippen LogP contribution in [0.4, 0.5) is 4.79 Å². The number of hydrogen-bond acceptors (Lipinski definition) is 2. The van der Waals surface area contributed by atoms with E-state index in [1.54, 1.807) is 0 Å². The largest absolute Gasteiger partial charge is 0.481 e. The topological polar surface area (TPSA) is 69.6 Å². The van der Waals surface area contributed by atoms with Gasteiger partial charge in [0, 0.05) is 25.6 Å². The van der Waals surface area contributed by atoms with Crippen LogP contribution in [0.25, 0.3) is 0 Å². The Bertz CT molecular complexity index is 264. The summed E-state index contributed by atoms with van der Waals surface area (Å²) in [5, 5.41) is 11.3. The fourth-order valence-electron chi connectivity index (χ4n) is 1.70. The fraction of sp³-hybridized carbons (Fsp3) is 0.833. The molecule has 5 heteroatoms. The van der Waals surface area contributed by atoms with E-state index in [0.717, 1.165) is 32.2 Å². The Morgan fingerprint density at radius 3 is 2.59 bits per heavy atom. The van der Waals surface area contributed by atoms with Crippen molar-refractivity contribution in [2.24, 2.45) is 0 Å². The maximum Gasteiger partial charge on any atom is 0.317 e. The Morgan fingerprint density at radius 2 is 2.06 bits per heavy atom. The molecule has 0 heterocycles. The quantitative estimate of drug-likeness (QED) is 0.638. The zero-order valence-corrected chi connectivity index (χ0v) is 10.4. The first-order chi connectivity index (χ1) is 8.15.